The largest absolute Gasteiger partial charge is 0.349 e. The normalized spacial score (nSPS) is 9.53. The number of nitrogens with one attached hydrogen (secondary N) is 1. The monoisotopic (exact) mass is 267 g/mol. The SMILES string of the molecule is CC(C)=CCNC(=O)c1ccc(Br)cc1. The van der Waals surface area contributed by atoms with Crippen LogP contribution in [0.4, 0.5) is 0 Å². The molecule has 3 heteroatoms. The van der Waals surface area contributed by atoms with Gasteiger partial charge in [0.25, 0.3) is 5.91 Å². The highest BCUT2D eigenvalue weighted by Crippen LogP contribution is 2.10. The van der Waals surface area contributed by atoms with E-state index in [0.29, 0.717) is 12.1 Å². The minimum absolute atomic E-state index is 0.0417. The van der Waals surface area contributed by atoms with Gasteiger partial charge in [0.1, 0.15) is 0 Å². The molecule has 15 heavy (non-hydrogen) atoms. The standard InChI is InChI=1S/C12H14BrNO/c1-9(2)7-8-14-12(15)10-3-5-11(13)6-4-10/h3-7H,8H2,1-2H3,(H,14,15). The molecule has 1 aromatic carbocycles. The Morgan fingerprint density at radius 3 is 2.47 bits per heavy atom. The van der Waals surface area contributed by atoms with Gasteiger partial charge < -0.3 is 5.32 Å². The van der Waals surface area contributed by atoms with Gasteiger partial charge in [0.15, 0.2) is 0 Å². The van der Waals surface area contributed by atoms with Gasteiger partial charge >= 0.3 is 0 Å². The Kier molecular flexibility index (Phi) is 4.56. The Morgan fingerprint density at radius 1 is 1.33 bits per heavy atom. The Labute approximate surface area is 98.5 Å². The van der Waals surface area contributed by atoms with Crippen molar-refractivity contribution in [3.63, 3.8) is 0 Å². The van der Waals surface area contributed by atoms with E-state index in [1.807, 2.05) is 32.1 Å². The predicted molar refractivity (Wildman–Crippen MR) is 65.9 cm³/mol. The second kappa shape index (κ2) is 5.71. The maximum atomic E-state index is 11.6. The number of hydrogen-bond donors (Lipinski definition) is 1. The van der Waals surface area contributed by atoms with Crippen molar-refractivity contribution in [2.75, 3.05) is 6.54 Å². The maximum Gasteiger partial charge on any atom is 0.251 e. The predicted octanol–water partition coefficient (Wildman–Crippen LogP) is 3.15. The molecule has 0 saturated carbocycles. The maximum absolute atomic E-state index is 11.6. The molecular weight excluding hydrogens is 254 g/mol. The first-order valence-electron chi connectivity index (χ1n) is 4.76. The first-order valence-corrected chi connectivity index (χ1v) is 5.56. The first-order chi connectivity index (χ1) is 7.09. The highest BCUT2D eigenvalue weighted by atomic mass is 79.9. The molecule has 0 aliphatic rings. The quantitative estimate of drug-likeness (QED) is 0.838. The van der Waals surface area contributed by atoms with Crippen LogP contribution in [0, 0.1) is 0 Å². The minimum Gasteiger partial charge on any atom is -0.349 e. The van der Waals surface area contributed by atoms with Gasteiger partial charge in [-0.1, -0.05) is 27.6 Å². The van der Waals surface area contributed by atoms with E-state index in [9.17, 15) is 4.79 Å². The van der Waals surface area contributed by atoms with Gasteiger partial charge in [-0.15, -0.1) is 0 Å². The van der Waals surface area contributed by atoms with Crippen molar-refractivity contribution in [1.82, 2.24) is 5.32 Å². The highest BCUT2D eigenvalue weighted by molar-refractivity contribution is 9.10. The van der Waals surface area contributed by atoms with Crippen molar-refractivity contribution >= 4 is 21.8 Å². The number of amides is 1. The summed E-state index contributed by atoms with van der Waals surface area (Å²) < 4.78 is 0.975. The molecule has 0 atom stereocenters. The molecule has 0 bridgehead atoms. The molecule has 0 heterocycles. The second-order valence-corrected chi connectivity index (χ2v) is 4.41. The van der Waals surface area contributed by atoms with E-state index in [4.69, 9.17) is 0 Å². The molecule has 2 nitrogen and oxygen atoms in total. The average molecular weight is 268 g/mol. The zero-order valence-corrected chi connectivity index (χ0v) is 10.5. The number of carbonyl (C=O) groups excluding carboxylic acids is 1. The lowest BCUT2D eigenvalue weighted by atomic mass is 10.2. The summed E-state index contributed by atoms with van der Waals surface area (Å²) in [4.78, 5) is 11.6. The van der Waals surface area contributed by atoms with Crippen LogP contribution < -0.4 is 5.32 Å². The molecule has 0 aliphatic carbocycles. The number of benzene rings is 1. The fourth-order valence-electron chi connectivity index (χ4n) is 1.05. The van der Waals surface area contributed by atoms with Crippen LogP contribution in [-0.2, 0) is 0 Å². The van der Waals surface area contributed by atoms with Crippen molar-refractivity contribution < 1.29 is 4.79 Å². The lowest BCUT2D eigenvalue weighted by molar-refractivity contribution is 0.0958. The van der Waals surface area contributed by atoms with Crippen molar-refractivity contribution in [1.29, 1.82) is 0 Å². The van der Waals surface area contributed by atoms with E-state index in [1.165, 1.54) is 5.57 Å². The molecule has 80 valence electrons. The molecule has 0 aromatic heterocycles. The van der Waals surface area contributed by atoms with E-state index >= 15 is 0 Å². The molecule has 1 rings (SSSR count). The van der Waals surface area contributed by atoms with Crippen molar-refractivity contribution in [2.24, 2.45) is 0 Å². The molecule has 1 aromatic rings. The minimum atomic E-state index is -0.0417. The third-order valence-corrected chi connectivity index (χ3v) is 2.41. The number of allylic oxidation sites excluding steroid dienone is 1. The van der Waals surface area contributed by atoms with Crippen LogP contribution in [0.5, 0.6) is 0 Å². The van der Waals surface area contributed by atoms with E-state index in [0.717, 1.165) is 4.47 Å². The van der Waals surface area contributed by atoms with E-state index in [-0.39, 0.29) is 5.91 Å². The number of carbonyl (C=O) groups is 1. The van der Waals surface area contributed by atoms with Crippen LogP contribution in [-0.4, -0.2) is 12.5 Å². The summed E-state index contributed by atoms with van der Waals surface area (Å²) in [6.07, 6.45) is 1.98. The van der Waals surface area contributed by atoms with Gasteiger partial charge in [0.05, 0.1) is 0 Å². The molecule has 0 unspecified atom stereocenters. The summed E-state index contributed by atoms with van der Waals surface area (Å²) in [6.45, 7) is 4.59. The summed E-state index contributed by atoms with van der Waals surface area (Å²) in [7, 11) is 0. The summed E-state index contributed by atoms with van der Waals surface area (Å²) >= 11 is 3.33. The summed E-state index contributed by atoms with van der Waals surface area (Å²) in [5.74, 6) is -0.0417. The van der Waals surface area contributed by atoms with Crippen molar-refractivity contribution in [3.05, 3.63) is 46.0 Å². The Bertz CT molecular complexity index is 364. The molecule has 1 amide bonds. The molecule has 0 radical (unpaired) electrons. The van der Waals surface area contributed by atoms with Gasteiger partial charge in [-0.2, -0.15) is 0 Å². The van der Waals surface area contributed by atoms with Gasteiger partial charge in [-0.05, 0) is 38.1 Å². The van der Waals surface area contributed by atoms with Crippen molar-refractivity contribution in [2.45, 2.75) is 13.8 Å². The van der Waals surface area contributed by atoms with E-state index in [2.05, 4.69) is 21.2 Å². The third kappa shape index (κ3) is 4.30. The summed E-state index contributed by atoms with van der Waals surface area (Å²) in [5.41, 5.74) is 1.88. The topological polar surface area (TPSA) is 29.1 Å². The Hall–Kier alpha value is -1.09. The number of hydrogen-bond acceptors (Lipinski definition) is 1. The molecule has 0 fully saturated rings. The Morgan fingerprint density at radius 2 is 1.93 bits per heavy atom. The van der Waals surface area contributed by atoms with Crippen LogP contribution in [0.1, 0.15) is 24.2 Å². The van der Waals surface area contributed by atoms with Crippen LogP contribution in [0.15, 0.2) is 40.4 Å². The molecule has 0 aliphatic heterocycles. The van der Waals surface area contributed by atoms with Crippen LogP contribution >= 0.6 is 15.9 Å². The zero-order valence-electron chi connectivity index (χ0n) is 8.88. The fourth-order valence-corrected chi connectivity index (χ4v) is 1.32. The molecule has 0 saturated heterocycles. The molecule has 0 spiro atoms. The smallest absolute Gasteiger partial charge is 0.251 e. The lowest BCUT2D eigenvalue weighted by Crippen LogP contribution is -2.23. The lowest BCUT2D eigenvalue weighted by Gasteiger charge is -2.02. The number of halogens is 1. The van der Waals surface area contributed by atoms with Gasteiger partial charge in [0.2, 0.25) is 0 Å². The average Bonchev–Trinajstić information content (AvgIpc) is 2.18. The first kappa shape index (κ1) is 12.0. The van der Waals surface area contributed by atoms with Crippen molar-refractivity contribution in [3.8, 4) is 0 Å². The van der Waals surface area contributed by atoms with Gasteiger partial charge in [0, 0.05) is 16.6 Å². The van der Waals surface area contributed by atoms with Gasteiger partial charge in [-0.3, -0.25) is 4.79 Å². The highest BCUT2D eigenvalue weighted by Gasteiger charge is 2.02. The fraction of sp³-hybridized carbons (Fsp3) is 0.250. The van der Waals surface area contributed by atoms with Crippen LogP contribution in [0.25, 0.3) is 0 Å². The molecular formula is C12H14BrNO. The summed E-state index contributed by atoms with van der Waals surface area (Å²) in [6, 6.07) is 7.30. The number of rotatable bonds is 3. The Balaban J connectivity index is 2.54. The van der Waals surface area contributed by atoms with Crippen LogP contribution in [0.2, 0.25) is 0 Å². The van der Waals surface area contributed by atoms with Gasteiger partial charge in [-0.25, -0.2) is 0 Å². The van der Waals surface area contributed by atoms with Crippen LogP contribution in [0.3, 0.4) is 0 Å². The van der Waals surface area contributed by atoms with E-state index < -0.39 is 0 Å². The van der Waals surface area contributed by atoms with E-state index in [1.54, 1.807) is 12.1 Å². The third-order valence-electron chi connectivity index (χ3n) is 1.88. The zero-order chi connectivity index (χ0) is 11.3. The second-order valence-electron chi connectivity index (χ2n) is 3.50. The molecule has 1 N–H and O–H groups in total. The summed E-state index contributed by atoms with van der Waals surface area (Å²) in [5, 5.41) is 2.82.